The average molecular weight is 244 g/mol. The van der Waals surface area contributed by atoms with Crippen molar-refractivity contribution in [2.24, 2.45) is 0 Å². The Labute approximate surface area is 102 Å². The van der Waals surface area contributed by atoms with E-state index in [1.165, 1.54) is 6.92 Å². The van der Waals surface area contributed by atoms with Crippen molar-refractivity contribution in [1.82, 2.24) is 0 Å². The zero-order valence-electron chi connectivity index (χ0n) is 12.1. The molecule has 96 valence electrons. The molecule has 0 aliphatic rings. The molecule has 0 amide bonds. The van der Waals surface area contributed by atoms with Crippen LogP contribution in [0.1, 0.15) is 48.5 Å². The van der Waals surface area contributed by atoms with E-state index in [4.69, 9.17) is 5.11 Å². The van der Waals surface area contributed by atoms with E-state index in [0.29, 0.717) is 10.1 Å². The van der Waals surface area contributed by atoms with Crippen molar-refractivity contribution in [3.63, 3.8) is 0 Å². The molecule has 0 spiro atoms. The molecule has 0 atom stereocenters. The van der Waals surface area contributed by atoms with Gasteiger partial charge in [-0.1, -0.05) is 54.7 Å². The summed E-state index contributed by atoms with van der Waals surface area (Å²) in [5.74, 6) is -0.935. The van der Waals surface area contributed by atoms with Gasteiger partial charge in [-0.15, -0.1) is 0 Å². The van der Waals surface area contributed by atoms with Crippen LogP contribution in [0.4, 0.5) is 0 Å². The topological polar surface area (TPSA) is 37.3 Å². The van der Waals surface area contributed by atoms with E-state index in [1.807, 2.05) is 0 Å². The molecular weight excluding hydrogens is 216 g/mol. The quantitative estimate of drug-likeness (QED) is 0.557. The Morgan fingerprint density at radius 2 is 1.25 bits per heavy atom. The van der Waals surface area contributed by atoms with Crippen LogP contribution in [0.2, 0.25) is 16.6 Å². The maximum Gasteiger partial charge on any atom is 0.330 e. The second-order valence-electron chi connectivity index (χ2n) is 6.54. The fourth-order valence-electron chi connectivity index (χ4n) is 1.30. The predicted molar refractivity (Wildman–Crippen MR) is 74.9 cm³/mol. The van der Waals surface area contributed by atoms with Crippen molar-refractivity contribution in [3.8, 4) is 0 Å². The summed E-state index contributed by atoms with van der Waals surface area (Å²) in [7, 11) is -0.579. The highest BCUT2D eigenvalue weighted by atomic mass is 28.3. The lowest BCUT2D eigenvalue weighted by molar-refractivity contribution is -0.132. The van der Waals surface area contributed by atoms with Crippen LogP contribution in [-0.2, 0) is 4.79 Å². The standard InChI is InChI=1S/C9H22Si.C4H6O2/c1-8(2,3)10(7)9(4,5)6;1-3(2)4(5)6/h10H,1-7H3;1H2,2H3,(H,5,6). The van der Waals surface area contributed by atoms with E-state index in [9.17, 15) is 4.79 Å². The van der Waals surface area contributed by atoms with E-state index in [1.54, 1.807) is 0 Å². The first-order valence-corrected chi connectivity index (χ1v) is 8.00. The summed E-state index contributed by atoms with van der Waals surface area (Å²) in [5, 5.41) is 9.05. The summed E-state index contributed by atoms with van der Waals surface area (Å²) >= 11 is 0. The number of hydrogen-bond donors (Lipinski definition) is 1. The van der Waals surface area contributed by atoms with Gasteiger partial charge in [0, 0.05) is 14.4 Å². The van der Waals surface area contributed by atoms with Gasteiger partial charge in [-0.05, 0) is 17.0 Å². The monoisotopic (exact) mass is 244 g/mol. The first-order valence-electron chi connectivity index (χ1n) is 5.69. The number of rotatable bonds is 1. The number of carboxylic acid groups (broad SMARTS) is 1. The van der Waals surface area contributed by atoms with Gasteiger partial charge in [0.25, 0.3) is 0 Å². The molecule has 1 N–H and O–H groups in total. The lowest BCUT2D eigenvalue weighted by Crippen LogP contribution is -2.31. The smallest absolute Gasteiger partial charge is 0.330 e. The van der Waals surface area contributed by atoms with Crippen LogP contribution >= 0.6 is 0 Å². The van der Waals surface area contributed by atoms with Gasteiger partial charge >= 0.3 is 5.97 Å². The molecule has 0 rings (SSSR count). The highest BCUT2D eigenvalue weighted by molar-refractivity contribution is 6.63. The van der Waals surface area contributed by atoms with Crippen LogP contribution in [0.3, 0.4) is 0 Å². The van der Waals surface area contributed by atoms with Crippen LogP contribution in [0.15, 0.2) is 12.2 Å². The summed E-state index contributed by atoms with van der Waals surface area (Å²) in [6.07, 6.45) is 0. The molecule has 0 heterocycles. The van der Waals surface area contributed by atoms with Crippen molar-refractivity contribution in [2.75, 3.05) is 0 Å². The zero-order chi connectivity index (χ0) is 13.7. The van der Waals surface area contributed by atoms with E-state index in [-0.39, 0.29) is 5.57 Å². The van der Waals surface area contributed by atoms with Crippen molar-refractivity contribution in [3.05, 3.63) is 12.2 Å². The number of carboxylic acids is 1. The molecular formula is C13H28O2Si. The molecule has 2 nitrogen and oxygen atoms in total. The highest BCUT2D eigenvalue weighted by Gasteiger charge is 2.31. The molecule has 16 heavy (non-hydrogen) atoms. The van der Waals surface area contributed by atoms with Crippen molar-refractivity contribution >= 4 is 14.8 Å². The average Bonchev–Trinajstić information content (AvgIpc) is 2.00. The summed E-state index contributed by atoms with van der Waals surface area (Å²) in [6.45, 7) is 21.3. The van der Waals surface area contributed by atoms with Crippen LogP contribution in [0.25, 0.3) is 0 Å². The number of aliphatic carboxylic acids is 1. The fraction of sp³-hybridized carbons (Fsp3) is 0.769. The summed E-state index contributed by atoms with van der Waals surface area (Å²) in [5.41, 5.74) is 0.176. The Bertz CT molecular complexity index is 218. The Kier molecular flexibility index (Phi) is 6.94. The second-order valence-corrected chi connectivity index (χ2v) is 11.4. The van der Waals surface area contributed by atoms with Gasteiger partial charge in [-0.2, -0.15) is 0 Å². The van der Waals surface area contributed by atoms with Crippen LogP contribution in [-0.4, -0.2) is 19.9 Å². The van der Waals surface area contributed by atoms with Gasteiger partial charge in [0.1, 0.15) is 0 Å². The molecule has 0 saturated carbocycles. The van der Waals surface area contributed by atoms with Crippen LogP contribution < -0.4 is 0 Å². The van der Waals surface area contributed by atoms with E-state index >= 15 is 0 Å². The SMILES string of the molecule is C=C(C)C(=O)O.C[SiH](C(C)(C)C)C(C)(C)C. The van der Waals surface area contributed by atoms with Gasteiger partial charge in [0.15, 0.2) is 0 Å². The molecule has 0 radical (unpaired) electrons. The first kappa shape index (κ1) is 17.8. The first-order chi connectivity index (χ1) is 6.80. The van der Waals surface area contributed by atoms with E-state index in [2.05, 4.69) is 54.7 Å². The summed E-state index contributed by atoms with van der Waals surface area (Å²) in [4.78, 5) is 9.60. The van der Waals surface area contributed by atoms with E-state index in [0.717, 1.165) is 0 Å². The number of hydrogen-bond acceptors (Lipinski definition) is 1. The Morgan fingerprint density at radius 1 is 1.06 bits per heavy atom. The highest BCUT2D eigenvalue weighted by Crippen LogP contribution is 2.41. The molecule has 0 aromatic carbocycles. The largest absolute Gasteiger partial charge is 0.478 e. The van der Waals surface area contributed by atoms with Crippen molar-refractivity contribution in [1.29, 1.82) is 0 Å². The molecule has 0 unspecified atom stereocenters. The van der Waals surface area contributed by atoms with Gasteiger partial charge in [0.05, 0.1) is 0 Å². The molecule has 0 fully saturated rings. The Balaban J connectivity index is 0. The van der Waals surface area contributed by atoms with Gasteiger partial charge < -0.3 is 5.11 Å². The molecule has 0 bridgehead atoms. The third-order valence-corrected chi connectivity index (χ3v) is 8.16. The third-order valence-electron chi connectivity index (χ3n) is 2.96. The predicted octanol–water partition coefficient (Wildman–Crippen LogP) is 4.09. The summed E-state index contributed by atoms with van der Waals surface area (Å²) in [6, 6.07) is 0. The van der Waals surface area contributed by atoms with Gasteiger partial charge in [-0.25, -0.2) is 4.79 Å². The number of carbonyl (C=O) groups is 1. The van der Waals surface area contributed by atoms with Crippen LogP contribution in [0, 0.1) is 0 Å². The maximum absolute atomic E-state index is 9.60. The summed E-state index contributed by atoms with van der Waals surface area (Å²) < 4.78 is 0. The maximum atomic E-state index is 9.60. The third kappa shape index (κ3) is 8.71. The molecule has 0 saturated heterocycles. The van der Waals surface area contributed by atoms with Gasteiger partial charge in [-0.3, -0.25) is 0 Å². The molecule has 3 heteroatoms. The van der Waals surface area contributed by atoms with Crippen molar-refractivity contribution < 1.29 is 9.90 Å². The molecule has 0 aromatic rings. The molecule has 0 aromatic heterocycles. The van der Waals surface area contributed by atoms with Crippen molar-refractivity contribution in [2.45, 2.75) is 65.1 Å². The molecule has 0 aliphatic carbocycles. The lowest BCUT2D eigenvalue weighted by Gasteiger charge is -2.36. The minimum absolute atomic E-state index is 0.176. The van der Waals surface area contributed by atoms with Gasteiger partial charge in [0.2, 0.25) is 0 Å². The minimum Gasteiger partial charge on any atom is -0.478 e. The fourth-order valence-corrected chi connectivity index (χ4v) is 3.90. The van der Waals surface area contributed by atoms with Crippen LogP contribution in [0.5, 0.6) is 0 Å². The lowest BCUT2D eigenvalue weighted by atomic mass is 10.2. The Hall–Kier alpha value is -0.573. The Morgan fingerprint density at radius 3 is 1.25 bits per heavy atom. The normalized spacial score (nSPS) is 11.8. The van der Waals surface area contributed by atoms with E-state index < -0.39 is 14.8 Å². The minimum atomic E-state index is -0.935. The zero-order valence-corrected chi connectivity index (χ0v) is 13.3. The second kappa shape index (κ2) is 6.23. The molecule has 0 aliphatic heterocycles.